The molecular weight excluding hydrogens is 590 g/mol. The summed E-state index contributed by atoms with van der Waals surface area (Å²) in [5, 5.41) is 24.7. The Labute approximate surface area is 228 Å². The normalized spacial score (nSPS) is 8.82. The Morgan fingerprint density at radius 3 is 0.853 bits per heavy atom. The van der Waals surface area contributed by atoms with E-state index >= 15 is 0 Å². The number of para-hydroxylation sites is 3. The zero-order chi connectivity index (χ0) is 24.3. The van der Waals surface area contributed by atoms with Gasteiger partial charge in [0, 0.05) is 39.9 Å². The molecule has 0 heterocycles. The quantitative estimate of drug-likeness (QED) is 0.331. The SMILES string of the molecule is O=C(O)COc1ccccc1.O=C(O)COc1ccccc1.O=C(O)COc1ccccc1.[Gd]. The number of carboxylic acids is 3. The van der Waals surface area contributed by atoms with E-state index in [1.165, 1.54) is 0 Å². The van der Waals surface area contributed by atoms with Crippen LogP contribution in [0.3, 0.4) is 0 Å². The molecule has 0 bridgehead atoms. The topological polar surface area (TPSA) is 140 Å². The number of hydrogen-bond acceptors (Lipinski definition) is 6. The minimum Gasteiger partial charge on any atom is -0.482 e. The molecule has 3 aromatic carbocycles. The molecule has 34 heavy (non-hydrogen) atoms. The average molecular weight is 614 g/mol. The third-order valence-corrected chi connectivity index (χ3v) is 3.32. The summed E-state index contributed by atoms with van der Waals surface area (Å²) in [7, 11) is 0. The van der Waals surface area contributed by atoms with E-state index in [1.807, 2.05) is 18.2 Å². The van der Waals surface area contributed by atoms with Crippen molar-refractivity contribution in [3.63, 3.8) is 0 Å². The minimum absolute atomic E-state index is 0. The van der Waals surface area contributed by atoms with Gasteiger partial charge in [-0.25, -0.2) is 14.4 Å². The number of benzene rings is 3. The smallest absolute Gasteiger partial charge is 0.341 e. The Hall–Kier alpha value is -3.21. The third kappa shape index (κ3) is 17.4. The number of carbonyl (C=O) groups is 3. The Morgan fingerprint density at radius 1 is 0.471 bits per heavy atom. The zero-order valence-electron chi connectivity index (χ0n) is 17.9. The molecule has 0 saturated heterocycles. The predicted octanol–water partition coefficient (Wildman–Crippen LogP) is 3.45. The van der Waals surface area contributed by atoms with Crippen molar-refractivity contribution in [3.05, 3.63) is 91.0 Å². The van der Waals surface area contributed by atoms with Crippen LogP contribution < -0.4 is 14.2 Å². The minimum atomic E-state index is -0.964. The van der Waals surface area contributed by atoms with E-state index in [0.717, 1.165) is 0 Å². The van der Waals surface area contributed by atoms with Gasteiger partial charge in [0.05, 0.1) is 0 Å². The summed E-state index contributed by atoms with van der Waals surface area (Å²) in [6, 6.07) is 26.5. The van der Waals surface area contributed by atoms with E-state index in [1.54, 1.807) is 72.8 Å². The van der Waals surface area contributed by atoms with Gasteiger partial charge in [-0.1, -0.05) is 54.6 Å². The molecule has 9 nitrogen and oxygen atoms in total. The van der Waals surface area contributed by atoms with Crippen molar-refractivity contribution in [1.82, 2.24) is 0 Å². The second-order valence-corrected chi connectivity index (χ2v) is 5.99. The Morgan fingerprint density at radius 2 is 0.676 bits per heavy atom. The van der Waals surface area contributed by atoms with E-state index in [9.17, 15) is 14.4 Å². The van der Waals surface area contributed by atoms with Crippen molar-refractivity contribution >= 4 is 17.9 Å². The molecule has 3 rings (SSSR count). The van der Waals surface area contributed by atoms with Crippen molar-refractivity contribution in [1.29, 1.82) is 0 Å². The first-order valence-electron chi connectivity index (χ1n) is 9.55. The second-order valence-electron chi connectivity index (χ2n) is 5.99. The molecule has 3 N–H and O–H groups in total. The molecule has 0 radical (unpaired) electrons. The molecule has 0 aliphatic heterocycles. The van der Waals surface area contributed by atoms with Gasteiger partial charge in [0.1, 0.15) is 17.2 Å². The first-order valence-corrected chi connectivity index (χ1v) is 9.55. The fourth-order valence-corrected chi connectivity index (χ4v) is 1.99. The van der Waals surface area contributed by atoms with Crippen LogP contribution in [0.5, 0.6) is 17.2 Å². The summed E-state index contributed by atoms with van der Waals surface area (Å²) in [5.74, 6) is -1.16. The van der Waals surface area contributed by atoms with Crippen molar-refractivity contribution in [2.75, 3.05) is 19.8 Å². The van der Waals surface area contributed by atoms with Crippen LogP contribution in [-0.4, -0.2) is 53.0 Å². The van der Waals surface area contributed by atoms with Gasteiger partial charge in [-0.05, 0) is 36.4 Å². The number of hydrogen-bond donors (Lipinski definition) is 3. The maximum Gasteiger partial charge on any atom is 0.341 e. The summed E-state index contributed by atoms with van der Waals surface area (Å²) >= 11 is 0. The Bertz CT molecular complexity index is 825. The molecule has 182 valence electrons. The molecule has 0 unspecified atom stereocenters. The molecule has 0 saturated carbocycles. The summed E-state index contributed by atoms with van der Waals surface area (Å²) in [6.07, 6.45) is 0. The van der Waals surface area contributed by atoms with E-state index < -0.39 is 17.9 Å². The summed E-state index contributed by atoms with van der Waals surface area (Å²) in [6.45, 7) is -0.863. The monoisotopic (exact) mass is 614 g/mol. The number of rotatable bonds is 9. The predicted molar refractivity (Wildman–Crippen MR) is 119 cm³/mol. The van der Waals surface area contributed by atoms with Crippen LogP contribution in [-0.2, 0) is 14.4 Å². The molecule has 0 atom stereocenters. The second kappa shape index (κ2) is 19.3. The molecular formula is C24H24GdO9. The molecule has 10 heteroatoms. The molecule has 3 aromatic rings. The molecule has 0 fully saturated rings. The summed E-state index contributed by atoms with van der Waals surface area (Å²) < 4.78 is 14.6. The van der Waals surface area contributed by atoms with E-state index in [2.05, 4.69) is 0 Å². The van der Waals surface area contributed by atoms with Crippen LogP contribution in [0.25, 0.3) is 0 Å². The summed E-state index contributed by atoms with van der Waals surface area (Å²) in [5.41, 5.74) is 0. The van der Waals surface area contributed by atoms with Crippen molar-refractivity contribution < 1.29 is 83.9 Å². The molecule has 0 amide bonds. The largest absolute Gasteiger partial charge is 0.482 e. The fourth-order valence-electron chi connectivity index (χ4n) is 1.99. The maximum absolute atomic E-state index is 10.0. The van der Waals surface area contributed by atoms with Crippen LogP contribution in [0, 0.1) is 39.9 Å². The standard InChI is InChI=1S/3C8H8O3.Gd/c3*9-8(10)6-11-7-4-2-1-3-5-7;/h3*1-5H,6H2,(H,9,10);. The fraction of sp³-hybridized carbons (Fsp3) is 0.125. The van der Waals surface area contributed by atoms with Gasteiger partial charge in [-0.2, -0.15) is 0 Å². The zero-order valence-corrected chi connectivity index (χ0v) is 20.2. The van der Waals surface area contributed by atoms with Crippen molar-refractivity contribution in [2.24, 2.45) is 0 Å². The molecule has 0 aromatic heterocycles. The first-order chi connectivity index (χ1) is 15.9. The van der Waals surface area contributed by atoms with Crippen molar-refractivity contribution in [2.45, 2.75) is 0 Å². The van der Waals surface area contributed by atoms with E-state index in [-0.39, 0.29) is 59.8 Å². The van der Waals surface area contributed by atoms with Gasteiger partial charge < -0.3 is 29.5 Å². The van der Waals surface area contributed by atoms with E-state index in [4.69, 9.17) is 29.5 Å². The van der Waals surface area contributed by atoms with Gasteiger partial charge in [0.15, 0.2) is 19.8 Å². The van der Waals surface area contributed by atoms with Crippen LogP contribution in [0.1, 0.15) is 0 Å². The van der Waals surface area contributed by atoms with Crippen LogP contribution in [0.15, 0.2) is 91.0 Å². The van der Waals surface area contributed by atoms with Gasteiger partial charge in [-0.15, -0.1) is 0 Å². The molecule has 0 spiro atoms. The first kappa shape index (κ1) is 30.8. The maximum atomic E-state index is 10.0. The molecule has 0 aliphatic carbocycles. The Kier molecular flexibility index (Phi) is 17.5. The Balaban J connectivity index is 0.000000473. The van der Waals surface area contributed by atoms with Gasteiger partial charge in [-0.3, -0.25) is 0 Å². The third-order valence-electron chi connectivity index (χ3n) is 3.32. The van der Waals surface area contributed by atoms with Crippen molar-refractivity contribution in [3.8, 4) is 17.2 Å². The molecule has 0 aliphatic rings. The van der Waals surface area contributed by atoms with Gasteiger partial charge in [0.25, 0.3) is 0 Å². The number of carboxylic acid groups (broad SMARTS) is 3. The van der Waals surface area contributed by atoms with Gasteiger partial charge in [0.2, 0.25) is 0 Å². The number of aliphatic carboxylic acids is 3. The number of ether oxygens (including phenoxy) is 3. The van der Waals surface area contributed by atoms with Crippen LogP contribution >= 0.6 is 0 Å². The van der Waals surface area contributed by atoms with Crippen LogP contribution in [0.2, 0.25) is 0 Å². The average Bonchev–Trinajstić information content (AvgIpc) is 2.83. The van der Waals surface area contributed by atoms with E-state index in [0.29, 0.717) is 17.2 Å². The summed E-state index contributed by atoms with van der Waals surface area (Å²) in [4.78, 5) is 30.1. The van der Waals surface area contributed by atoms with Crippen LogP contribution in [0.4, 0.5) is 0 Å². The van der Waals surface area contributed by atoms with Gasteiger partial charge >= 0.3 is 17.9 Å².